The molecule has 292 valence electrons. The predicted molar refractivity (Wildman–Crippen MR) is 211 cm³/mol. The SMILES string of the molecule is COc1ccc(C(OC[C@H]2O[C@@H](CCc3cn(COC(=O)C(C)(C)C)cn3)[C@H](O[Si](C)(C)C(C)(C)C)[C@@H]2O)(c2ccccc2)c2ccc(OC)cc2)cc1. The summed E-state index contributed by atoms with van der Waals surface area (Å²) in [5.41, 5.74) is 1.87. The first-order valence-electron chi connectivity index (χ1n) is 18.7. The van der Waals surface area contributed by atoms with Crippen LogP contribution in [0.15, 0.2) is 91.4 Å². The number of benzene rings is 3. The van der Waals surface area contributed by atoms with Gasteiger partial charge in [-0.3, -0.25) is 4.79 Å². The lowest BCUT2D eigenvalue weighted by Crippen LogP contribution is -2.49. The summed E-state index contributed by atoms with van der Waals surface area (Å²) in [6.07, 6.45) is 2.07. The second-order valence-corrected chi connectivity index (χ2v) is 21.3. The minimum atomic E-state index is -2.33. The molecule has 0 aliphatic carbocycles. The highest BCUT2D eigenvalue weighted by atomic mass is 28.4. The zero-order valence-electron chi connectivity index (χ0n) is 33.5. The lowest BCUT2D eigenvalue weighted by molar-refractivity contribution is -0.156. The van der Waals surface area contributed by atoms with E-state index in [0.717, 1.165) is 33.9 Å². The van der Waals surface area contributed by atoms with Crippen LogP contribution in [0.4, 0.5) is 0 Å². The van der Waals surface area contributed by atoms with Crippen molar-refractivity contribution in [3.8, 4) is 11.5 Å². The number of hydrogen-bond acceptors (Lipinski definition) is 9. The average Bonchev–Trinajstić information content (AvgIpc) is 3.72. The molecule has 0 saturated carbocycles. The van der Waals surface area contributed by atoms with Gasteiger partial charge in [0.15, 0.2) is 15.0 Å². The first kappa shape index (κ1) is 41.2. The minimum Gasteiger partial charge on any atom is -0.497 e. The van der Waals surface area contributed by atoms with Gasteiger partial charge < -0.3 is 37.8 Å². The molecule has 0 spiro atoms. The molecule has 1 aromatic heterocycles. The van der Waals surface area contributed by atoms with Crippen molar-refractivity contribution in [2.24, 2.45) is 5.41 Å². The number of carbonyl (C=O) groups is 1. The quantitative estimate of drug-likeness (QED) is 0.0735. The molecule has 0 amide bonds. The number of esters is 1. The van der Waals surface area contributed by atoms with E-state index in [-0.39, 0.29) is 24.3 Å². The van der Waals surface area contributed by atoms with Crippen LogP contribution in [0.1, 0.15) is 70.3 Å². The molecule has 0 bridgehead atoms. The fourth-order valence-corrected chi connectivity index (χ4v) is 7.70. The summed E-state index contributed by atoms with van der Waals surface area (Å²) in [6, 6.07) is 25.8. The molecule has 1 aliphatic rings. The summed E-state index contributed by atoms with van der Waals surface area (Å²) in [5, 5.41) is 12.0. The van der Waals surface area contributed by atoms with E-state index in [1.165, 1.54) is 0 Å². The molecular weight excluding hydrogens is 701 g/mol. The molecule has 10 nitrogen and oxygen atoms in total. The molecule has 4 atom stereocenters. The van der Waals surface area contributed by atoms with Crippen LogP contribution in [0.25, 0.3) is 0 Å². The van der Waals surface area contributed by atoms with Crippen molar-refractivity contribution >= 4 is 14.3 Å². The van der Waals surface area contributed by atoms with Crippen molar-refractivity contribution < 1.29 is 38.0 Å². The van der Waals surface area contributed by atoms with Gasteiger partial charge in [-0.15, -0.1) is 0 Å². The maximum Gasteiger partial charge on any atom is 0.312 e. The molecule has 3 aromatic carbocycles. The van der Waals surface area contributed by atoms with Crippen LogP contribution in [0.5, 0.6) is 11.5 Å². The van der Waals surface area contributed by atoms with Crippen LogP contribution >= 0.6 is 0 Å². The summed E-state index contributed by atoms with van der Waals surface area (Å²) in [7, 11) is 0.959. The number of imidazole rings is 1. The summed E-state index contributed by atoms with van der Waals surface area (Å²) in [6.45, 7) is 16.6. The van der Waals surface area contributed by atoms with Crippen molar-refractivity contribution in [1.82, 2.24) is 9.55 Å². The Balaban J connectivity index is 1.44. The maximum atomic E-state index is 12.3. The van der Waals surface area contributed by atoms with E-state index < -0.39 is 43.7 Å². The maximum absolute atomic E-state index is 12.3. The fraction of sp³-hybridized carbons (Fsp3) is 0.488. The topological polar surface area (TPSA) is 111 Å². The van der Waals surface area contributed by atoms with E-state index in [9.17, 15) is 9.90 Å². The zero-order valence-corrected chi connectivity index (χ0v) is 34.5. The molecule has 11 heteroatoms. The number of aliphatic hydroxyl groups is 1. The van der Waals surface area contributed by atoms with E-state index >= 15 is 0 Å². The second-order valence-electron chi connectivity index (χ2n) is 16.6. The van der Waals surface area contributed by atoms with Gasteiger partial charge in [0.1, 0.15) is 29.3 Å². The van der Waals surface area contributed by atoms with Crippen LogP contribution in [-0.2, 0) is 42.2 Å². The standard InChI is InChI=1S/C43H58N2O8Si/c1-41(2,3)40(47)50-29-45-26-33(44-28-45)20-25-36-39(53-54(9,10)42(4,5)6)38(46)37(52-36)27-51-43(30-14-12-11-13-15-30,31-16-21-34(48-7)22-17-31)32-18-23-35(49-8)24-19-32/h11-19,21-24,26,28,36-39,46H,20,25,27,29H2,1-10H3/t36-,37+,38+,39-/m0/s1. The van der Waals surface area contributed by atoms with E-state index in [1.54, 1.807) is 25.1 Å². The van der Waals surface area contributed by atoms with Gasteiger partial charge in [-0.2, -0.15) is 0 Å². The van der Waals surface area contributed by atoms with Crippen LogP contribution in [0.3, 0.4) is 0 Å². The molecule has 4 aromatic rings. The van der Waals surface area contributed by atoms with Crippen molar-refractivity contribution in [2.75, 3.05) is 20.8 Å². The van der Waals surface area contributed by atoms with Crippen LogP contribution in [-0.4, -0.2) is 74.2 Å². The normalized spacial score (nSPS) is 19.5. The Kier molecular flexibility index (Phi) is 12.8. The summed E-state index contributed by atoms with van der Waals surface area (Å²) < 4.78 is 39.1. The van der Waals surface area contributed by atoms with Crippen LogP contribution in [0.2, 0.25) is 18.1 Å². The van der Waals surface area contributed by atoms with E-state index in [1.807, 2.05) is 93.7 Å². The number of ether oxygens (including phenoxy) is 5. The van der Waals surface area contributed by atoms with Crippen molar-refractivity contribution in [3.63, 3.8) is 0 Å². The molecule has 0 unspecified atom stereocenters. The van der Waals surface area contributed by atoms with E-state index in [2.05, 4.69) is 51.0 Å². The van der Waals surface area contributed by atoms with Gasteiger partial charge in [0.05, 0.1) is 50.5 Å². The number of nitrogens with zero attached hydrogens (tertiary/aromatic N) is 2. The Bertz CT molecular complexity index is 1750. The highest BCUT2D eigenvalue weighted by molar-refractivity contribution is 6.74. The zero-order chi connectivity index (χ0) is 39.3. The van der Waals surface area contributed by atoms with Gasteiger partial charge in [-0.1, -0.05) is 75.4 Å². The lowest BCUT2D eigenvalue weighted by Gasteiger charge is -2.40. The Morgan fingerprint density at radius 1 is 0.833 bits per heavy atom. The molecule has 54 heavy (non-hydrogen) atoms. The number of aromatic nitrogens is 2. The van der Waals surface area contributed by atoms with E-state index in [0.29, 0.717) is 12.8 Å². The molecule has 1 N–H and O–H groups in total. The van der Waals surface area contributed by atoms with Gasteiger partial charge in [0.25, 0.3) is 0 Å². The Hall–Kier alpha value is -4.00. The Labute approximate surface area is 321 Å². The minimum absolute atomic E-state index is 0.0791. The van der Waals surface area contributed by atoms with Gasteiger partial charge in [0.2, 0.25) is 0 Å². The fourth-order valence-electron chi connectivity index (χ4n) is 6.37. The average molecular weight is 759 g/mol. The third-order valence-electron chi connectivity index (χ3n) is 10.6. The third-order valence-corrected chi connectivity index (χ3v) is 15.1. The molecule has 1 saturated heterocycles. The summed E-state index contributed by atoms with van der Waals surface area (Å²) in [4.78, 5) is 16.9. The number of carbonyl (C=O) groups excluding carboxylic acids is 1. The summed E-state index contributed by atoms with van der Waals surface area (Å²) in [5.74, 6) is 1.18. The smallest absolute Gasteiger partial charge is 0.312 e. The first-order valence-corrected chi connectivity index (χ1v) is 21.6. The van der Waals surface area contributed by atoms with Crippen molar-refractivity contribution in [3.05, 3.63) is 114 Å². The van der Waals surface area contributed by atoms with E-state index in [4.69, 9.17) is 28.1 Å². The lowest BCUT2D eigenvalue weighted by atomic mass is 9.80. The van der Waals surface area contributed by atoms with Crippen LogP contribution < -0.4 is 9.47 Å². The van der Waals surface area contributed by atoms with Gasteiger partial charge in [-0.25, -0.2) is 4.98 Å². The predicted octanol–water partition coefficient (Wildman–Crippen LogP) is 7.91. The number of rotatable bonds is 15. The Morgan fingerprint density at radius 2 is 1.39 bits per heavy atom. The monoisotopic (exact) mass is 758 g/mol. The number of methoxy groups -OCH3 is 2. The molecule has 5 rings (SSSR count). The number of aliphatic hydroxyl groups excluding tert-OH is 1. The largest absolute Gasteiger partial charge is 0.497 e. The van der Waals surface area contributed by atoms with Gasteiger partial charge in [0, 0.05) is 6.20 Å². The van der Waals surface area contributed by atoms with Gasteiger partial charge >= 0.3 is 5.97 Å². The first-order chi connectivity index (χ1) is 25.5. The summed E-state index contributed by atoms with van der Waals surface area (Å²) >= 11 is 0. The van der Waals surface area contributed by atoms with Gasteiger partial charge in [-0.05, 0) is 92.7 Å². The molecule has 1 fully saturated rings. The van der Waals surface area contributed by atoms with Crippen molar-refractivity contribution in [2.45, 2.75) is 109 Å². The highest BCUT2D eigenvalue weighted by Crippen LogP contribution is 2.44. The second kappa shape index (κ2) is 16.8. The highest BCUT2D eigenvalue weighted by Gasteiger charge is 2.50. The number of aryl methyl sites for hydroxylation is 1. The number of hydrogen-bond donors (Lipinski definition) is 1. The molecular formula is C43H58N2O8Si. The molecule has 1 aliphatic heterocycles. The third kappa shape index (κ3) is 9.26. The Morgan fingerprint density at radius 3 is 1.91 bits per heavy atom. The van der Waals surface area contributed by atoms with Crippen molar-refractivity contribution in [1.29, 1.82) is 0 Å². The van der Waals surface area contributed by atoms with Crippen LogP contribution in [0, 0.1) is 5.41 Å². The molecule has 2 heterocycles. The molecule has 0 radical (unpaired) electrons.